The molecule has 0 bridgehead atoms. The number of carbonyl (C=O) groups is 3. The molecule has 7 nitrogen and oxygen atoms in total. The van der Waals surface area contributed by atoms with Crippen LogP contribution in [0.25, 0.3) is 6.08 Å². The predicted octanol–water partition coefficient (Wildman–Crippen LogP) is 7.58. The highest BCUT2D eigenvalue weighted by atomic mass is 79.9. The monoisotopic (exact) mass is 650 g/mol. The maximum atomic E-state index is 13.3. The van der Waals surface area contributed by atoms with E-state index in [4.69, 9.17) is 32.7 Å². The summed E-state index contributed by atoms with van der Waals surface area (Å²) < 4.78 is 12.6. The van der Waals surface area contributed by atoms with Crippen LogP contribution in [-0.2, 0) is 22.8 Å². The number of anilines is 1. The Labute approximate surface area is 254 Å². The highest BCUT2D eigenvalue weighted by Gasteiger charge is 2.36. The molecule has 5 rings (SSSR count). The van der Waals surface area contributed by atoms with E-state index in [0.29, 0.717) is 33.7 Å². The van der Waals surface area contributed by atoms with Gasteiger partial charge in [-0.3, -0.25) is 14.9 Å². The molecule has 41 heavy (non-hydrogen) atoms. The van der Waals surface area contributed by atoms with Crippen LogP contribution in [0.2, 0.25) is 10.0 Å². The lowest BCUT2D eigenvalue weighted by Crippen LogP contribution is -2.54. The SMILES string of the molecule is O=C1NC(=O)N(c2ccc(OCc3ccc(Cl)cc3Cl)cc2)C(=O)/C1=C/c1ccc(OCc2ccc(Br)cc2)cc1. The van der Waals surface area contributed by atoms with Crippen molar-refractivity contribution in [3.63, 3.8) is 0 Å². The van der Waals surface area contributed by atoms with Gasteiger partial charge in [0, 0.05) is 20.1 Å². The standard InChI is InChI=1S/C31H21BrCl2N2O5/c32-22-6-1-20(2-7-22)17-40-25-11-3-19(4-12-25)15-27-29(37)35-31(39)36(30(27)38)24-9-13-26(14-10-24)41-18-21-5-8-23(33)16-28(21)34/h1-16H,17-18H2,(H,35,37,39)/b27-15+. The molecule has 1 aliphatic heterocycles. The van der Waals surface area contributed by atoms with Crippen molar-refractivity contribution in [2.75, 3.05) is 4.90 Å². The number of ether oxygens (including phenoxy) is 2. The maximum Gasteiger partial charge on any atom is 0.335 e. The van der Waals surface area contributed by atoms with Crippen molar-refractivity contribution in [3.8, 4) is 11.5 Å². The van der Waals surface area contributed by atoms with Crippen LogP contribution in [0.15, 0.2) is 101 Å². The molecule has 4 aromatic rings. The second kappa shape index (κ2) is 12.6. The summed E-state index contributed by atoms with van der Waals surface area (Å²) in [6.07, 6.45) is 1.43. The zero-order valence-electron chi connectivity index (χ0n) is 21.3. The van der Waals surface area contributed by atoms with Gasteiger partial charge in [-0.15, -0.1) is 0 Å². The maximum absolute atomic E-state index is 13.3. The van der Waals surface area contributed by atoms with Crippen molar-refractivity contribution in [2.45, 2.75) is 13.2 Å². The average Bonchev–Trinajstić information content (AvgIpc) is 2.96. The van der Waals surface area contributed by atoms with Crippen LogP contribution < -0.4 is 19.7 Å². The number of hydrogen-bond donors (Lipinski definition) is 1. The number of barbiturate groups is 1. The fraction of sp³-hybridized carbons (Fsp3) is 0.0645. The molecule has 0 aromatic heterocycles. The molecule has 206 valence electrons. The Kier molecular flexibility index (Phi) is 8.73. The average molecular weight is 652 g/mol. The van der Waals surface area contributed by atoms with Gasteiger partial charge in [-0.1, -0.05) is 69.5 Å². The normalized spacial score (nSPS) is 14.3. The fourth-order valence-electron chi connectivity index (χ4n) is 3.96. The number of hydrogen-bond acceptors (Lipinski definition) is 5. The third kappa shape index (κ3) is 6.97. The molecule has 0 unspecified atom stereocenters. The first-order valence-electron chi connectivity index (χ1n) is 12.3. The number of rotatable bonds is 8. The van der Waals surface area contributed by atoms with Crippen molar-refractivity contribution in [2.24, 2.45) is 0 Å². The second-order valence-electron chi connectivity index (χ2n) is 8.96. The molecule has 0 saturated carbocycles. The zero-order chi connectivity index (χ0) is 28.9. The Morgan fingerprint density at radius 1 is 0.780 bits per heavy atom. The van der Waals surface area contributed by atoms with Gasteiger partial charge >= 0.3 is 6.03 Å². The molecule has 0 spiro atoms. The highest BCUT2D eigenvalue weighted by molar-refractivity contribution is 9.10. The molecule has 10 heteroatoms. The Hall–Kier alpha value is -4.11. The first-order valence-corrected chi connectivity index (χ1v) is 13.9. The summed E-state index contributed by atoms with van der Waals surface area (Å²) in [5.74, 6) is -0.381. The number of carbonyl (C=O) groups excluding carboxylic acids is 3. The van der Waals surface area contributed by atoms with Crippen LogP contribution in [0.3, 0.4) is 0 Å². The van der Waals surface area contributed by atoms with Gasteiger partial charge in [0.15, 0.2) is 0 Å². The van der Waals surface area contributed by atoms with Crippen molar-refractivity contribution in [3.05, 3.63) is 128 Å². The van der Waals surface area contributed by atoms with Crippen LogP contribution in [0.4, 0.5) is 10.5 Å². The summed E-state index contributed by atoms with van der Waals surface area (Å²) in [6.45, 7) is 0.596. The number of halogens is 3. The molecule has 1 N–H and O–H groups in total. The molecule has 1 heterocycles. The molecule has 0 atom stereocenters. The largest absolute Gasteiger partial charge is 0.489 e. The van der Waals surface area contributed by atoms with Crippen LogP contribution >= 0.6 is 39.1 Å². The van der Waals surface area contributed by atoms with E-state index in [1.807, 2.05) is 24.3 Å². The number of imide groups is 2. The third-order valence-corrected chi connectivity index (χ3v) is 7.23. The summed E-state index contributed by atoms with van der Waals surface area (Å²) in [5, 5.41) is 3.24. The first-order chi connectivity index (χ1) is 19.8. The van der Waals surface area contributed by atoms with Crippen molar-refractivity contribution in [1.29, 1.82) is 0 Å². The van der Waals surface area contributed by atoms with E-state index < -0.39 is 17.8 Å². The topological polar surface area (TPSA) is 84.9 Å². The zero-order valence-corrected chi connectivity index (χ0v) is 24.4. The number of nitrogens with zero attached hydrogens (tertiary/aromatic N) is 1. The van der Waals surface area contributed by atoms with Gasteiger partial charge in [0.05, 0.1) is 5.69 Å². The number of amides is 4. The van der Waals surface area contributed by atoms with Crippen molar-refractivity contribution >= 4 is 68.7 Å². The van der Waals surface area contributed by atoms with E-state index in [1.54, 1.807) is 66.7 Å². The van der Waals surface area contributed by atoms with E-state index in [9.17, 15) is 14.4 Å². The molecular weight excluding hydrogens is 631 g/mol. The minimum atomic E-state index is -0.838. The van der Waals surface area contributed by atoms with E-state index in [2.05, 4.69) is 21.2 Å². The van der Waals surface area contributed by atoms with Gasteiger partial charge in [-0.05, 0) is 77.9 Å². The summed E-state index contributed by atoms with van der Waals surface area (Å²) >= 11 is 15.5. The van der Waals surface area contributed by atoms with Gasteiger partial charge in [-0.2, -0.15) is 0 Å². The minimum absolute atomic E-state index is 0.175. The molecule has 1 aliphatic rings. The summed E-state index contributed by atoms with van der Waals surface area (Å²) in [4.78, 5) is 39.3. The second-order valence-corrected chi connectivity index (χ2v) is 10.7. The predicted molar refractivity (Wildman–Crippen MR) is 161 cm³/mol. The van der Waals surface area contributed by atoms with Gasteiger partial charge < -0.3 is 9.47 Å². The van der Waals surface area contributed by atoms with Gasteiger partial charge in [0.1, 0.15) is 30.3 Å². The molecule has 1 saturated heterocycles. The van der Waals surface area contributed by atoms with Gasteiger partial charge in [0.25, 0.3) is 11.8 Å². The minimum Gasteiger partial charge on any atom is -0.489 e. The van der Waals surface area contributed by atoms with Gasteiger partial charge in [0.2, 0.25) is 0 Å². The van der Waals surface area contributed by atoms with E-state index >= 15 is 0 Å². The molecule has 4 amide bonds. The lowest BCUT2D eigenvalue weighted by Gasteiger charge is -2.26. The summed E-state index contributed by atoms with van der Waals surface area (Å²) in [7, 11) is 0. The quantitative estimate of drug-likeness (QED) is 0.157. The highest BCUT2D eigenvalue weighted by Crippen LogP contribution is 2.27. The van der Waals surface area contributed by atoms with Crippen LogP contribution in [0.5, 0.6) is 11.5 Å². The van der Waals surface area contributed by atoms with Crippen molar-refractivity contribution < 1.29 is 23.9 Å². The van der Waals surface area contributed by atoms with E-state index in [0.717, 1.165) is 20.5 Å². The Morgan fingerprint density at radius 2 is 1.41 bits per heavy atom. The summed E-state index contributed by atoms with van der Waals surface area (Å²) in [6, 6.07) is 25.4. The summed E-state index contributed by atoms with van der Waals surface area (Å²) in [5.41, 5.74) is 2.46. The van der Waals surface area contributed by atoms with E-state index in [-0.39, 0.29) is 17.9 Å². The molecule has 0 aliphatic carbocycles. The number of urea groups is 1. The van der Waals surface area contributed by atoms with Crippen molar-refractivity contribution in [1.82, 2.24) is 5.32 Å². The smallest absolute Gasteiger partial charge is 0.335 e. The Bertz CT molecular complexity index is 1640. The molecule has 0 radical (unpaired) electrons. The van der Waals surface area contributed by atoms with Crippen LogP contribution in [0.1, 0.15) is 16.7 Å². The molecule has 1 fully saturated rings. The Morgan fingerprint density at radius 3 is 2.07 bits per heavy atom. The molecule has 4 aromatic carbocycles. The van der Waals surface area contributed by atoms with Crippen LogP contribution in [0, 0.1) is 0 Å². The van der Waals surface area contributed by atoms with E-state index in [1.165, 1.54) is 6.08 Å². The number of nitrogens with one attached hydrogen (secondary N) is 1. The first kappa shape index (κ1) is 28.4. The fourth-order valence-corrected chi connectivity index (χ4v) is 4.68. The molecular formula is C31H21BrCl2N2O5. The lowest BCUT2D eigenvalue weighted by molar-refractivity contribution is -0.122. The van der Waals surface area contributed by atoms with Crippen LogP contribution in [-0.4, -0.2) is 17.8 Å². The Balaban J connectivity index is 1.26. The third-order valence-electron chi connectivity index (χ3n) is 6.12. The lowest BCUT2D eigenvalue weighted by atomic mass is 10.1. The number of benzene rings is 4. The van der Waals surface area contributed by atoms with Gasteiger partial charge in [-0.25, -0.2) is 9.69 Å².